The van der Waals surface area contributed by atoms with E-state index in [4.69, 9.17) is 0 Å². The Morgan fingerprint density at radius 2 is 1.57 bits per heavy atom. The van der Waals surface area contributed by atoms with E-state index in [9.17, 15) is 0 Å². The van der Waals surface area contributed by atoms with Gasteiger partial charge in [-0.3, -0.25) is 0 Å². The van der Waals surface area contributed by atoms with Crippen molar-refractivity contribution < 1.29 is 0 Å². The third kappa shape index (κ3) is 19.0. The average molecular weight is 86.0 g/mol. The zero-order chi connectivity index (χ0) is 6.28. The van der Waals surface area contributed by atoms with Crippen LogP contribution in [-0.2, 0) is 0 Å². The molecule has 0 aromatic rings. The Hall–Kier alpha value is 1.19. The van der Waals surface area contributed by atoms with E-state index in [0.29, 0.717) is 0 Å². The molecule has 0 saturated carbocycles. The predicted molar refractivity (Wildman–Crippen MR) is 37.1 cm³/mol. The van der Waals surface area contributed by atoms with Crippen molar-refractivity contribution in [3.05, 3.63) is 0 Å². The van der Waals surface area contributed by atoms with Crippen LogP contribution in [0.5, 0.6) is 0 Å². The number of hydrogen-bond acceptors (Lipinski definition) is 0. The molecule has 0 nitrogen and oxygen atoms in total. The summed E-state index contributed by atoms with van der Waals surface area (Å²) in [5, 5.41) is 0. The van der Waals surface area contributed by atoms with Crippen LogP contribution in [0.1, 0.15) is 20.3 Å². The van der Waals surface area contributed by atoms with Gasteiger partial charge in [-0.2, -0.15) is 0 Å². The molecule has 0 aliphatic carbocycles. The Labute approximate surface area is 65.8 Å². The number of rotatable bonds is 1. The van der Waals surface area contributed by atoms with Crippen molar-refractivity contribution in [2.75, 3.05) is 0 Å². The van der Waals surface area contributed by atoms with Crippen molar-refractivity contribution in [2.24, 2.45) is 0 Å². The second-order valence-corrected chi connectivity index (χ2v) is 1.80. The summed E-state index contributed by atoms with van der Waals surface area (Å²) < 4.78 is 0.884. The molecule has 34 valence electrons. The first-order valence-corrected chi connectivity index (χ1v) is 3.27. The maximum absolute atomic E-state index is 2.22. The van der Waals surface area contributed by atoms with Crippen LogP contribution in [0, 0.1) is 0 Å². The van der Waals surface area contributed by atoms with Crippen molar-refractivity contribution >= 4 is 35.4 Å². The van der Waals surface area contributed by atoms with Crippen LogP contribution in [0.25, 0.3) is 0 Å². The normalized spacial score (nSPS) is 11.9. The topological polar surface area (TPSA) is 0 Å². The third-order valence-electron chi connectivity index (χ3n) is 0.816. The molecule has 7 heavy (non-hydrogen) atoms. The van der Waals surface area contributed by atoms with E-state index in [1.165, 1.54) is 6.42 Å². The second kappa shape index (κ2) is 10.2. The zero-order valence-corrected chi connectivity index (χ0v) is 6.28. The van der Waals surface area contributed by atoms with Gasteiger partial charge in [-0.1, -0.05) is 0 Å². The van der Waals surface area contributed by atoms with Gasteiger partial charge in [0.05, 0.1) is 0 Å². The molecule has 1 unspecified atom stereocenters. The molecule has 0 saturated heterocycles. The summed E-state index contributed by atoms with van der Waals surface area (Å²) >= 11 is 4.22. The van der Waals surface area contributed by atoms with Gasteiger partial charge in [-0.25, -0.2) is 0 Å². The molecule has 0 amide bonds. The van der Waals surface area contributed by atoms with Gasteiger partial charge < -0.3 is 0 Å². The molecular formula is C5H12Li2. The standard InChI is InChI=1S/C4H9.CH3.2Li/c1-3-4-2;;;/h3H,4H2,1-2H3;1H3;;. The summed E-state index contributed by atoms with van der Waals surface area (Å²) in [6, 6.07) is 0. The van der Waals surface area contributed by atoms with Crippen LogP contribution < -0.4 is 0 Å². The monoisotopic (exact) mass is 86.1 g/mol. The average Bonchev–Trinajstić information content (AvgIpc) is 1.73. The minimum atomic E-state index is 0.884. The molecule has 0 fully saturated rings. The van der Waals surface area contributed by atoms with Gasteiger partial charge in [0.1, 0.15) is 0 Å². The number of hydrogen-bond donors (Lipinski definition) is 0. The molecule has 0 aliphatic heterocycles. The molecule has 0 aromatic carbocycles. The minimum absolute atomic E-state index is 0.884. The fourth-order valence-corrected chi connectivity index (χ4v) is 0. The Bertz CT molecular complexity index is 20.0. The first kappa shape index (κ1) is 11.1. The van der Waals surface area contributed by atoms with E-state index < -0.39 is 0 Å². The van der Waals surface area contributed by atoms with Crippen LogP contribution in [0.2, 0.25) is 10.2 Å². The fraction of sp³-hybridized carbons (Fsp3) is 1.00. The van der Waals surface area contributed by atoms with E-state index in [2.05, 4.69) is 31.6 Å². The first-order valence-electron chi connectivity index (χ1n) is 3.27. The molecular weight excluding hydrogens is 73.9 g/mol. The van der Waals surface area contributed by atoms with Gasteiger partial charge in [0, 0.05) is 0 Å². The van der Waals surface area contributed by atoms with Gasteiger partial charge in [0.25, 0.3) is 0 Å². The first-order chi connectivity index (χ1) is 3.27. The van der Waals surface area contributed by atoms with E-state index >= 15 is 0 Å². The predicted octanol–water partition coefficient (Wildman–Crippen LogP) is 1.58. The van der Waals surface area contributed by atoms with E-state index in [1.807, 2.05) is 23.3 Å². The van der Waals surface area contributed by atoms with E-state index in [0.717, 1.165) is 4.59 Å². The molecule has 0 aliphatic rings. The SMILES string of the molecule is [Li][CH3].[Li][CH](C)CC. The summed E-state index contributed by atoms with van der Waals surface area (Å²) in [5.74, 6) is 0. The zero-order valence-electron chi connectivity index (χ0n) is 6.28. The molecule has 0 bridgehead atoms. The van der Waals surface area contributed by atoms with Crippen LogP contribution in [0.15, 0.2) is 0 Å². The van der Waals surface area contributed by atoms with Gasteiger partial charge in [-0.15, -0.1) is 0 Å². The maximum atomic E-state index is 2.22. The van der Waals surface area contributed by atoms with Crippen LogP contribution >= 0.6 is 0 Å². The van der Waals surface area contributed by atoms with Gasteiger partial charge in [0.15, 0.2) is 0 Å². The van der Waals surface area contributed by atoms with Crippen molar-refractivity contribution in [3.8, 4) is 0 Å². The summed E-state index contributed by atoms with van der Waals surface area (Å²) in [4.78, 5) is 0. The summed E-state index contributed by atoms with van der Waals surface area (Å²) in [7, 11) is 0. The van der Waals surface area contributed by atoms with Crippen LogP contribution in [-0.4, -0.2) is 35.4 Å². The molecule has 2 heteroatoms. The molecule has 0 N–H and O–H groups in total. The second-order valence-electron chi connectivity index (χ2n) is 1.80. The van der Waals surface area contributed by atoms with E-state index in [-0.39, 0.29) is 0 Å². The van der Waals surface area contributed by atoms with Crippen molar-refractivity contribution in [3.63, 3.8) is 0 Å². The Balaban J connectivity index is 0. The molecule has 1 atom stereocenters. The Morgan fingerprint density at radius 3 is 1.57 bits per heavy atom. The Kier molecular flexibility index (Phi) is 16.2. The van der Waals surface area contributed by atoms with Gasteiger partial charge in [-0.05, 0) is 0 Å². The van der Waals surface area contributed by atoms with Crippen LogP contribution in [0.4, 0.5) is 0 Å². The molecule has 0 radical (unpaired) electrons. The third-order valence-corrected chi connectivity index (χ3v) is 0.816. The van der Waals surface area contributed by atoms with Gasteiger partial charge in [0.2, 0.25) is 0 Å². The molecule has 0 aromatic heterocycles. The fourth-order valence-electron chi connectivity index (χ4n) is 0. The quantitative estimate of drug-likeness (QED) is 0.425. The van der Waals surface area contributed by atoms with E-state index in [1.54, 1.807) is 0 Å². The molecule has 0 rings (SSSR count). The van der Waals surface area contributed by atoms with Crippen molar-refractivity contribution in [1.82, 2.24) is 0 Å². The summed E-state index contributed by atoms with van der Waals surface area (Å²) in [5.41, 5.74) is 2.00. The summed E-state index contributed by atoms with van der Waals surface area (Å²) in [6.45, 7) is 4.42. The van der Waals surface area contributed by atoms with Crippen LogP contribution in [0.3, 0.4) is 0 Å². The summed E-state index contributed by atoms with van der Waals surface area (Å²) in [6.07, 6.45) is 1.31. The Morgan fingerprint density at radius 1 is 1.43 bits per heavy atom. The van der Waals surface area contributed by atoms with Gasteiger partial charge >= 0.3 is 65.9 Å². The van der Waals surface area contributed by atoms with Crippen molar-refractivity contribution in [2.45, 2.75) is 30.5 Å². The van der Waals surface area contributed by atoms with Crippen molar-refractivity contribution in [1.29, 1.82) is 0 Å². The molecule has 0 spiro atoms. The molecule has 0 heterocycles.